The molecule has 3 rings (SSSR count). The van der Waals surface area contributed by atoms with Gasteiger partial charge in [-0.25, -0.2) is 0 Å². The molecule has 0 N–H and O–H groups in total. The molecule has 2 unspecified atom stereocenters. The van der Waals surface area contributed by atoms with Crippen molar-refractivity contribution in [3.63, 3.8) is 0 Å². The molecule has 20 heavy (non-hydrogen) atoms. The maximum absolute atomic E-state index is 11.7. The van der Waals surface area contributed by atoms with Gasteiger partial charge in [-0.05, 0) is 37.7 Å². The van der Waals surface area contributed by atoms with Crippen LogP contribution in [0.15, 0.2) is 54.1 Å². The van der Waals surface area contributed by atoms with E-state index in [1.54, 1.807) is 0 Å². The molecule has 1 saturated heterocycles. The van der Waals surface area contributed by atoms with Gasteiger partial charge < -0.3 is 4.74 Å². The normalized spacial score (nSPS) is 24.8. The summed E-state index contributed by atoms with van der Waals surface area (Å²) in [5.74, 6) is 0.0376. The van der Waals surface area contributed by atoms with E-state index in [1.807, 2.05) is 6.07 Å². The lowest BCUT2D eigenvalue weighted by Crippen LogP contribution is -2.45. The quantitative estimate of drug-likeness (QED) is 0.759. The number of allylic oxidation sites excluding steroid dienone is 4. The van der Waals surface area contributed by atoms with Gasteiger partial charge in [0.2, 0.25) is 0 Å². The summed E-state index contributed by atoms with van der Waals surface area (Å²) in [6.07, 6.45) is 11.7. The SMILES string of the molecule is O=C1OC(CCc2ccccc2)C1CC1=CCCC=C1. The molecule has 0 radical (unpaired) electrons. The van der Waals surface area contributed by atoms with E-state index in [0.29, 0.717) is 0 Å². The predicted octanol–water partition coefficient (Wildman–Crippen LogP) is 3.83. The Labute approximate surface area is 120 Å². The van der Waals surface area contributed by atoms with Gasteiger partial charge in [0.05, 0.1) is 5.92 Å². The van der Waals surface area contributed by atoms with E-state index in [2.05, 4.69) is 42.5 Å². The second kappa shape index (κ2) is 6.08. The number of esters is 1. The third-order valence-corrected chi connectivity index (χ3v) is 4.11. The van der Waals surface area contributed by atoms with Crippen LogP contribution >= 0.6 is 0 Å². The first-order chi connectivity index (χ1) is 9.83. The molecule has 2 aliphatic rings. The Bertz CT molecular complexity index is 528. The van der Waals surface area contributed by atoms with E-state index in [9.17, 15) is 4.79 Å². The average Bonchev–Trinajstić information content (AvgIpc) is 2.51. The molecule has 1 aromatic rings. The maximum Gasteiger partial charge on any atom is 0.313 e. The van der Waals surface area contributed by atoms with E-state index in [1.165, 1.54) is 11.1 Å². The molecule has 2 heteroatoms. The van der Waals surface area contributed by atoms with Crippen molar-refractivity contribution in [3.8, 4) is 0 Å². The monoisotopic (exact) mass is 268 g/mol. The van der Waals surface area contributed by atoms with Crippen LogP contribution in [0.2, 0.25) is 0 Å². The molecule has 1 aromatic carbocycles. The van der Waals surface area contributed by atoms with E-state index in [-0.39, 0.29) is 18.0 Å². The lowest BCUT2D eigenvalue weighted by molar-refractivity contribution is -0.184. The Hall–Kier alpha value is -1.83. The molecule has 1 fully saturated rings. The van der Waals surface area contributed by atoms with Gasteiger partial charge in [0.25, 0.3) is 0 Å². The summed E-state index contributed by atoms with van der Waals surface area (Å²) in [6, 6.07) is 10.4. The van der Waals surface area contributed by atoms with Gasteiger partial charge in [-0.1, -0.05) is 54.1 Å². The number of cyclic esters (lactones) is 1. The highest BCUT2D eigenvalue weighted by Crippen LogP contribution is 2.33. The van der Waals surface area contributed by atoms with Crippen LogP contribution in [0.5, 0.6) is 0 Å². The van der Waals surface area contributed by atoms with Crippen molar-refractivity contribution in [2.45, 2.75) is 38.2 Å². The standard InChI is InChI=1S/C18H20O2/c19-18-16(13-15-9-5-2-6-10-15)17(20-18)12-11-14-7-3-1-4-8-14/h1,3-5,7-10,16-17H,2,6,11-13H2. The predicted molar refractivity (Wildman–Crippen MR) is 79.2 cm³/mol. The molecule has 0 bridgehead atoms. The summed E-state index contributed by atoms with van der Waals surface area (Å²) >= 11 is 0. The summed E-state index contributed by atoms with van der Waals surface area (Å²) in [5.41, 5.74) is 2.61. The minimum Gasteiger partial charge on any atom is -0.461 e. The van der Waals surface area contributed by atoms with Gasteiger partial charge in [0, 0.05) is 0 Å². The zero-order valence-electron chi connectivity index (χ0n) is 11.6. The van der Waals surface area contributed by atoms with E-state index in [0.717, 1.165) is 32.1 Å². The second-order valence-corrected chi connectivity index (χ2v) is 5.57. The van der Waals surface area contributed by atoms with Crippen LogP contribution in [0.3, 0.4) is 0 Å². The topological polar surface area (TPSA) is 26.3 Å². The van der Waals surface area contributed by atoms with Crippen LogP contribution in [0.1, 0.15) is 31.2 Å². The van der Waals surface area contributed by atoms with Gasteiger partial charge in [-0.15, -0.1) is 0 Å². The van der Waals surface area contributed by atoms with Crippen LogP contribution in [-0.4, -0.2) is 12.1 Å². The van der Waals surface area contributed by atoms with Crippen LogP contribution in [0, 0.1) is 5.92 Å². The van der Waals surface area contributed by atoms with Crippen LogP contribution < -0.4 is 0 Å². The third-order valence-electron chi connectivity index (χ3n) is 4.11. The average molecular weight is 268 g/mol. The van der Waals surface area contributed by atoms with Gasteiger partial charge in [-0.2, -0.15) is 0 Å². The molecular weight excluding hydrogens is 248 g/mol. The highest BCUT2D eigenvalue weighted by atomic mass is 16.6. The molecule has 1 heterocycles. The first-order valence-electron chi connectivity index (χ1n) is 7.43. The van der Waals surface area contributed by atoms with E-state index >= 15 is 0 Å². The molecule has 0 saturated carbocycles. The van der Waals surface area contributed by atoms with Crippen molar-refractivity contribution in [2.75, 3.05) is 0 Å². The number of hydrogen-bond donors (Lipinski definition) is 0. The highest BCUT2D eigenvalue weighted by Gasteiger charge is 2.41. The molecule has 104 valence electrons. The van der Waals surface area contributed by atoms with Crippen LogP contribution in [0.4, 0.5) is 0 Å². The molecule has 0 aromatic heterocycles. The molecule has 1 aliphatic heterocycles. The molecule has 0 amide bonds. The fraction of sp³-hybridized carbons (Fsp3) is 0.389. The van der Waals surface area contributed by atoms with Crippen molar-refractivity contribution in [3.05, 3.63) is 59.7 Å². The number of hydrogen-bond acceptors (Lipinski definition) is 2. The number of ether oxygens (including phenoxy) is 1. The zero-order valence-corrected chi connectivity index (χ0v) is 11.6. The number of carbonyl (C=O) groups is 1. The molecule has 1 aliphatic carbocycles. The Morgan fingerprint density at radius 3 is 2.70 bits per heavy atom. The largest absolute Gasteiger partial charge is 0.461 e. The van der Waals surface area contributed by atoms with Crippen molar-refractivity contribution < 1.29 is 9.53 Å². The Balaban J connectivity index is 1.53. The Morgan fingerprint density at radius 1 is 1.15 bits per heavy atom. The summed E-state index contributed by atoms with van der Waals surface area (Å²) < 4.78 is 5.32. The Morgan fingerprint density at radius 2 is 2.00 bits per heavy atom. The fourth-order valence-electron chi connectivity index (χ4n) is 2.90. The van der Waals surface area contributed by atoms with E-state index < -0.39 is 0 Å². The smallest absolute Gasteiger partial charge is 0.313 e. The Kier molecular flexibility index (Phi) is 4.00. The van der Waals surface area contributed by atoms with Crippen molar-refractivity contribution >= 4 is 5.97 Å². The summed E-state index contributed by atoms with van der Waals surface area (Å²) in [7, 11) is 0. The second-order valence-electron chi connectivity index (χ2n) is 5.57. The molecule has 2 nitrogen and oxygen atoms in total. The first kappa shape index (κ1) is 13.2. The number of benzene rings is 1. The molecule has 0 spiro atoms. The van der Waals surface area contributed by atoms with Crippen molar-refractivity contribution in [1.82, 2.24) is 0 Å². The third kappa shape index (κ3) is 3.01. The molecule has 2 atom stereocenters. The van der Waals surface area contributed by atoms with Gasteiger partial charge in [0.1, 0.15) is 6.10 Å². The van der Waals surface area contributed by atoms with Crippen molar-refractivity contribution in [1.29, 1.82) is 0 Å². The van der Waals surface area contributed by atoms with Gasteiger partial charge >= 0.3 is 5.97 Å². The number of aryl methyl sites for hydroxylation is 1. The van der Waals surface area contributed by atoms with Gasteiger partial charge in [0.15, 0.2) is 0 Å². The maximum atomic E-state index is 11.7. The van der Waals surface area contributed by atoms with Crippen molar-refractivity contribution in [2.24, 2.45) is 5.92 Å². The minimum absolute atomic E-state index is 0.0251. The summed E-state index contributed by atoms with van der Waals surface area (Å²) in [5, 5.41) is 0. The first-order valence-corrected chi connectivity index (χ1v) is 7.43. The van der Waals surface area contributed by atoms with Crippen LogP contribution in [0.25, 0.3) is 0 Å². The number of rotatable bonds is 5. The highest BCUT2D eigenvalue weighted by molar-refractivity contribution is 5.79. The zero-order chi connectivity index (χ0) is 13.8. The van der Waals surface area contributed by atoms with E-state index in [4.69, 9.17) is 4.74 Å². The molecular formula is C18H20O2. The lowest BCUT2D eigenvalue weighted by Gasteiger charge is -2.35. The summed E-state index contributed by atoms with van der Waals surface area (Å²) in [6.45, 7) is 0. The minimum atomic E-state index is -0.0251. The van der Waals surface area contributed by atoms with Crippen LogP contribution in [-0.2, 0) is 16.0 Å². The summed E-state index contributed by atoms with van der Waals surface area (Å²) in [4.78, 5) is 11.7. The fourth-order valence-corrected chi connectivity index (χ4v) is 2.90. The lowest BCUT2D eigenvalue weighted by atomic mass is 9.85. The number of carbonyl (C=O) groups excluding carboxylic acids is 1. The van der Waals surface area contributed by atoms with Gasteiger partial charge in [-0.3, -0.25) is 4.79 Å².